The van der Waals surface area contributed by atoms with E-state index in [0.29, 0.717) is 25.7 Å². The van der Waals surface area contributed by atoms with Gasteiger partial charge in [-0.2, -0.15) is 0 Å². The lowest BCUT2D eigenvalue weighted by Gasteiger charge is -2.32. The lowest BCUT2D eigenvalue weighted by molar-refractivity contribution is -0.146. The highest BCUT2D eigenvalue weighted by molar-refractivity contribution is 6.09. The third-order valence-corrected chi connectivity index (χ3v) is 4.31. The first-order valence-corrected chi connectivity index (χ1v) is 6.19. The van der Waals surface area contributed by atoms with Crippen molar-refractivity contribution in [3.63, 3.8) is 0 Å². The Bertz CT molecular complexity index is 377. The summed E-state index contributed by atoms with van der Waals surface area (Å²) in [7, 11) is 0. The summed E-state index contributed by atoms with van der Waals surface area (Å²) in [4.78, 5) is 36.0. The third kappa shape index (κ3) is 1.56. The number of aliphatic carboxylic acids is 1. The largest absolute Gasteiger partial charge is 0.481 e. The molecule has 1 N–H and O–H groups in total. The molecule has 3 aliphatic rings. The zero-order valence-electron chi connectivity index (χ0n) is 9.46. The summed E-state index contributed by atoms with van der Waals surface area (Å²) in [5.74, 6) is -1.17. The second-order valence-electron chi connectivity index (χ2n) is 5.34. The van der Waals surface area contributed by atoms with Gasteiger partial charge >= 0.3 is 5.97 Å². The Balaban J connectivity index is 1.65. The lowest BCUT2D eigenvalue weighted by Crippen LogP contribution is -2.44. The number of carbonyl (C=O) groups excluding carboxylic acids is 2. The molecule has 3 fully saturated rings. The SMILES string of the molecule is O=C(O)C1CCC(N2C(=O)C3CC3C2=O)CC1. The standard InChI is InChI=1S/C12H15NO4/c14-10-8-5-9(8)11(15)13(10)7-3-1-6(2-4-7)12(16)17/h6-9H,1-5H2,(H,16,17). The summed E-state index contributed by atoms with van der Waals surface area (Å²) in [5, 5.41) is 8.90. The number of imide groups is 1. The number of rotatable bonds is 2. The molecule has 2 amide bonds. The van der Waals surface area contributed by atoms with Gasteiger partial charge in [0.05, 0.1) is 17.8 Å². The highest BCUT2D eigenvalue weighted by Gasteiger charge is 2.60. The minimum absolute atomic E-state index is 0.0150. The molecule has 1 heterocycles. The van der Waals surface area contributed by atoms with Crippen LogP contribution in [0.3, 0.4) is 0 Å². The highest BCUT2D eigenvalue weighted by Crippen LogP contribution is 2.48. The quantitative estimate of drug-likeness (QED) is 0.715. The molecule has 0 aromatic heterocycles. The first-order chi connectivity index (χ1) is 8.09. The monoisotopic (exact) mass is 237 g/mol. The Morgan fingerprint density at radius 2 is 1.59 bits per heavy atom. The van der Waals surface area contributed by atoms with E-state index in [1.165, 1.54) is 4.90 Å². The van der Waals surface area contributed by atoms with Gasteiger partial charge in [-0.15, -0.1) is 0 Å². The molecule has 0 bridgehead atoms. The topological polar surface area (TPSA) is 74.7 Å². The first-order valence-electron chi connectivity index (χ1n) is 6.19. The number of piperidine rings is 1. The summed E-state index contributed by atoms with van der Waals surface area (Å²) < 4.78 is 0. The molecule has 2 saturated carbocycles. The van der Waals surface area contributed by atoms with Crippen LogP contribution in [-0.4, -0.2) is 33.8 Å². The van der Waals surface area contributed by atoms with Crippen molar-refractivity contribution in [2.75, 3.05) is 0 Å². The number of carboxylic acid groups (broad SMARTS) is 1. The van der Waals surface area contributed by atoms with Crippen molar-refractivity contribution in [1.82, 2.24) is 4.90 Å². The van der Waals surface area contributed by atoms with Crippen molar-refractivity contribution in [2.45, 2.75) is 38.1 Å². The molecule has 17 heavy (non-hydrogen) atoms. The third-order valence-electron chi connectivity index (χ3n) is 4.31. The van der Waals surface area contributed by atoms with Crippen LogP contribution >= 0.6 is 0 Å². The normalized spacial score (nSPS) is 40.4. The smallest absolute Gasteiger partial charge is 0.306 e. The molecular weight excluding hydrogens is 222 g/mol. The molecular formula is C12H15NO4. The molecule has 5 nitrogen and oxygen atoms in total. The molecule has 0 radical (unpaired) electrons. The maximum atomic E-state index is 11.9. The fourth-order valence-electron chi connectivity index (χ4n) is 3.15. The molecule has 1 aliphatic heterocycles. The molecule has 2 atom stereocenters. The predicted molar refractivity (Wildman–Crippen MR) is 56.8 cm³/mol. The van der Waals surface area contributed by atoms with Crippen molar-refractivity contribution in [3.8, 4) is 0 Å². The van der Waals surface area contributed by atoms with Gasteiger partial charge in [0.25, 0.3) is 0 Å². The van der Waals surface area contributed by atoms with E-state index >= 15 is 0 Å². The van der Waals surface area contributed by atoms with Gasteiger partial charge in [-0.1, -0.05) is 0 Å². The average molecular weight is 237 g/mol. The first kappa shape index (κ1) is 10.7. The Labute approximate surface area is 98.8 Å². The van der Waals surface area contributed by atoms with Gasteiger partial charge in [-0.05, 0) is 32.1 Å². The zero-order valence-corrected chi connectivity index (χ0v) is 9.46. The fourth-order valence-corrected chi connectivity index (χ4v) is 3.15. The van der Waals surface area contributed by atoms with Crippen LogP contribution in [0.25, 0.3) is 0 Å². The van der Waals surface area contributed by atoms with E-state index in [9.17, 15) is 14.4 Å². The number of carbonyl (C=O) groups is 3. The minimum Gasteiger partial charge on any atom is -0.481 e. The van der Waals surface area contributed by atoms with Crippen LogP contribution in [0.2, 0.25) is 0 Å². The molecule has 2 unspecified atom stereocenters. The fraction of sp³-hybridized carbons (Fsp3) is 0.750. The number of hydrogen-bond acceptors (Lipinski definition) is 3. The van der Waals surface area contributed by atoms with Gasteiger partial charge in [0, 0.05) is 6.04 Å². The molecule has 5 heteroatoms. The average Bonchev–Trinajstić information content (AvgIpc) is 3.05. The number of likely N-dealkylation sites (tertiary alicyclic amines) is 1. The number of carboxylic acids is 1. The van der Waals surface area contributed by atoms with E-state index in [1.807, 2.05) is 0 Å². The van der Waals surface area contributed by atoms with Crippen molar-refractivity contribution in [1.29, 1.82) is 0 Å². The van der Waals surface area contributed by atoms with Gasteiger partial charge in [0.1, 0.15) is 0 Å². The van der Waals surface area contributed by atoms with Gasteiger partial charge in [0.15, 0.2) is 0 Å². The summed E-state index contributed by atoms with van der Waals surface area (Å²) in [5.41, 5.74) is 0. The van der Waals surface area contributed by atoms with Crippen LogP contribution in [0.15, 0.2) is 0 Å². The van der Waals surface area contributed by atoms with Crippen molar-refractivity contribution in [3.05, 3.63) is 0 Å². The second kappa shape index (κ2) is 3.55. The maximum absolute atomic E-state index is 11.9. The van der Waals surface area contributed by atoms with Crippen molar-refractivity contribution >= 4 is 17.8 Å². The predicted octanol–water partition coefficient (Wildman–Crippen LogP) is 0.635. The summed E-state index contributed by atoms with van der Waals surface area (Å²) >= 11 is 0. The number of hydrogen-bond donors (Lipinski definition) is 1. The van der Waals surface area contributed by atoms with E-state index in [4.69, 9.17) is 5.11 Å². The summed E-state index contributed by atoms with van der Waals surface area (Å²) in [6, 6.07) is -0.0431. The van der Waals surface area contributed by atoms with Gasteiger partial charge in [0.2, 0.25) is 11.8 Å². The molecule has 0 spiro atoms. The van der Waals surface area contributed by atoms with Gasteiger partial charge < -0.3 is 5.11 Å². The molecule has 1 saturated heterocycles. The van der Waals surface area contributed by atoms with Crippen LogP contribution in [-0.2, 0) is 14.4 Å². The summed E-state index contributed by atoms with van der Waals surface area (Å²) in [6.07, 6.45) is 3.18. The minimum atomic E-state index is -0.759. The number of amides is 2. The van der Waals surface area contributed by atoms with Crippen LogP contribution in [0.4, 0.5) is 0 Å². The second-order valence-corrected chi connectivity index (χ2v) is 5.34. The van der Waals surface area contributed by atoms with E-state index in [0.717, 1.165) is 6.42 Å². The van der Waals surface area contributed by atoms with E-state index in [2.05, 4.69) is 0 Å². The molecule has 0 aromatic carbocycles. The Kier molecular flexibility index (Phi) is 2.24. The Morgan fingerprint density at radius 3 is 2.06 bits per heavy atom. The van der Waals surface area contributed by atoms with Crippen LogP contribution in [0.5, 0.6) is 0 Å². The van der Waals surface area contributed by atoms with E-state index in [1.54, 1.807) is 0 Å². The van der Waals surface area contributed by atoms with Crippen molar-refractivity contribution in [2.24, 2.45) is 17.8 Å². The van der Waals surface area contributed by atoms with Gasteiger partial charge in [-0.3, -0.25) is 19.3 Å². The van der Waals surface area contributed by atoms with Gasteiger partial charge in [-0.25, -0.2) is 0 Å². The maximum Gasteiger partial charge on any atom is 0.306 e. The molecule has 0 aromatic rings. The zero-order chi connectivity index (χ0) is 12.2. The van der Waals surface area contributed by atoms with Crippen molar-refractivity contribution < 1.29 is 19.5 Å². The van der Waals surface area contributed by atoms with Crippen LogP contribution in [0, 0.1) is 17.8 Å². The highest BCUT2D eigenvalue weighted by atomic mass is 16.4. The number of fused-ring (bicyclic) bond motifs is 1. The van der Waals surface area contributed by atoms with E-state index < -0.39 is 5.97 Å². The molecule has 3 rings (SSSR count). The van der Waals surface area contributed by atoms with Crippen LogP contribution in [0.1, 0.15) is 32.1 Å². The Morgan fingerprint density at radius 1 is 1.06 bits per heavy atom. The molecule has 92 valence electrons. The number of nitrogens with zero attached hydrogens (tertiary/aromatic N) is 1. The Hall–Kier alpha value is -1.39. The van der Waals surface area contributed by atoms with E-state index in [-0.39, 0.29) is 35.6 Å². The molecule has 2 aliphatic carbocycles. The summed E-state index contributed by atoms with van der Waals surface area (Å²) in [6.45, 7) is 0. The lowest BCUT2D eigenvalue weighted by atomic mass is 9.85. The van der Waals surface area contributed by atoms with Crippen LogP contribution < -0.4 is 0 Å².